The van der Waals surface area contributed by atoms with E-state index in [1.165, 1.54) is 19.1 Å². The second-order valence-corrected chi connectivity index (χ2v) is 5.22. The van der Waals surface area contributed by atoms with E-state index in [4.69, 9.17) is 0 Å². The van der Waals surface area contributed by atoms with Crippen LogP contribution in [0.3, 0.4) is 0 Å². The van der Waals surface area contributed by atoms with E-state index in [1.54, 1.807) is 0 Å². The Bertz CT molecular complexity index is 599. The molecule has 2 rings (SSSR count). The fourth-order valence-corrected chi connectivity index (χ4v) is 2.60. The van der Waals surface area contributed by atoms with E-state index in [0.717, 1.165) is 17.4 Å². The number of hydrogen-bond acceptors (Lipinski definition) is 2. The number of hydrogen-bond donors (Lipinski definition) is 1. The average molecular weight is 314 g/mol. The monoisotopic (exact) mass is 314 g/mol. The Kier molecular flexibility index (Phi) is 4.44. The van der Waals surface area contributed by atoms with E-state index in [2.05, 4.69) is 5.32 Å². The Morgan fingerprint density at radius 2 is 2.05 bits per heavy atom. The number of amides is 2. The van der Waals surface area contributed by atoms with Gasteiger partial charge < -0.3 is 10.2 Å². The van der Waals surface area contributed by atoms with E-state index < -0.39 is 29.6 Å². The van der Waals surface area contributed by atoms with E-state index in [0.29, 0.717) is 6.42 Å². The van der Waals surface area contributed by atoms with Gasteiger partial charge in [0, 0.05) is 19.0 Å². The molecule has 22 heavy (non-hydrogen) atoms. The Hall–Kier alpha value is -2.05. The van der Waals surface area contributed by atoms with Gasteiger partial charge in [-0.15, -0.1) is 0 Å². The lowest BCUT2D eigenvalue weighted by molar-refractivity contribution is -0.137. The van der Waals surface area contributed by atoms with Crippen molar-refractivity contribution in [1.82, 2.24) is 5.32 Å². The number of anilines is 1. The van der Waals surface area contributed by atoms with Gasteiger partial charge in [0.05, 0.1) is 11.3 Å². The summed E-state index contributed by atoms with van der Waals surface area (Å²) in [4.78, 5) is 24.8. The van der Waals surface area contributed by atoms with Crippen LogP contribution in [-0.4, -0.2) is 18.4 Å². The lowest BCUT2D eigenvalue weighted by Gasteiger charge is -2.21. The number of para-hydroxylation sites is 1. The second-order valence-electron chi connectivity index (χ2n) is 5.22. The normalized spacial score (nSPS) is 17.6. The topological polar surface area (TPSA) is 49.4 Å². The van der Waals surface area contributed by atoms with Gasteiger partial charge >= 0.3 is 6.18 Å². The first kappa shape index (κ1) is 16.3. The summed E-state index contributed by atoms with van der Waals surface area (Å²) < 4.78 is 39.7. The summed E-state index contributed by atoms with van der Waals surface area (Å²) >= 11 is 0. The van der Waals surface area contributed by atoms with Crippen molar-refractivity contribution in [3.8, 4) is 0 Å². The molecule has 4 nitrogen and oxygen atoms in total. The SMILES string of the molecule is CCCCN1C(=O)[C@@H](NC(C)=O)c2cccc(C(F)(F)F)c21. The molecular formula is C15H17F3N2O2. The van der Waals surface area contributed by atoms with Gasteiger partial charge in [-0.1, -0.05) is 25.5 Å². The molecule has 1 aliphatic rings. The zero-order chi connectivity index (χ0) is 16.5. The molecular weight excluding hydrogens is 297 g/mol. The van der Waals surface area contributed by atoms with Crippen LogP contribution < -0.4 is 10.2 Å². The largest absolute Gasteiger partial charge is 0.418 e. The summed E-state index contributed by atoms with van der Waals surface area (Å²) in [6, 6.07) is 2.62. The maximum atomic E-state index is 13.2. The highest BCUT2D eigenvalue weighted by Gasteiger charge is 2.44. The first-order chi connectivity index (χ1) is 10.3. The van der Waals surface area contributed by atoms with E-state index in [9.17, 15) is 22.8 Å². The zero-order valence-corrected chi connectivity index (χ0v) is 12.3. The highest BCUT2D eigenvalue weighted by molar-refractivity contribution is 6.07. The fourth-order valence-electron chi connectivity index (χ4n) is 2.60. The number of nitrogens with zero attached hydrogens (tertiary/aromatic N) is 1. The Morgan fingerprint density at radius 3 is 2.59 bits per heavy atom. The summed E-state index contributed by atoms with van der Waals surface area (Å²) in [6.45, 7) is 3.32. The summed E-state index contributed by atoms with van der Waals surface area (Å²) in [5.74, 6) is -0.977. The van der Waals surface area contributed by atoms with Gasteiger partial charge in [0.1, 0.15) is 6.04 Å². The molecule has 1 aromatic carbocycles. The van der Waals surface area contributed by atoms with E-state index >= 15 is 0 Å². The molecule has 0 fully saturated rings. The average Bonchev–Trinajstić information content (AvgIpc) is 2.68. The smallest absolute Gasteiger partial charge is 0.341 e. The number of carbonyl (C=O) groups is 2. The van der Waals surface area contributed by atoms with Crippen LogP contribution in [0.2, 0.25) is 0 Å². The number of carbonyl (C=O) groups excluding carboxylic acids is 2. The quantitative estimate of drug-likeness (QED) is 0.928. The number of alkyl halides is 3. The molecule has 1 aromatic rings. The molecule has 0 bridgehead atoms. The van der Waals surface area contributed by atoms with Gasteiger partial charge in [0.15, 0.2) is 0 Å². The molecule has 0 unspecified atom stereocenters. The number of fused-ring (bicyclic) bond motifs is 1. The zero-order valence-electron chi connectivity index (χ0n) is 12.3. The molecule has 0 saturated carbocycles. The summed E-state index contributed by atoms with van der Waals surface area (Å²) in [5, 5.41) is 2.44. The van der Waals surface area contributed by atoms with Gasteiger partial charge in [-0.25, -0.2) is 0 Å². The molecule has 2 amide bonds. The van der Waals surface area contributed by atoms with Gasteiger partial charge in [0.25, 0.3) is 5.91 Å². The molecule has 1 N–H and O–H groups in total. The predicted molar refractivity (Wildman–Crippen MR) is 75.3 cm³/mol. The lowest BCUT2D eigenvalue weighted by atomic mass is 10.0. The molecule has 120 valence electrons. The maximum absolute atomic E-state index is 13.2. The summed E-state index contributed by atoms with van der Waals surface area (Å²) in [6.07, 6.45) is -3.22. The molecule has 0 aromatic heterocycles. The third-order valence-electron chi connectivity index (χ3n) is 3.55. The van der Waals surface area contributed by atoms with Crippen LogP contribution in [0.5, 0.6) is 0 Å². The van der Waals surface area contributed by atoms with E-state index in [-0.39, 0.29) is 17.8 Å². The van der Waals surface area contributed by atoms with Gasteiger partial charge in [0.2, 0.25) is 5.91 Å². The van der Waals surface area contributed by atoms with Crippen LogP contribution in [0, 0.1) is 0 Å². The van der Waals surface area contributed by atoms with Crippen molar-refractivity contribution in [2.24, 2.45) is 0 Å². The van der Waals surface area contributed by atoms with Crippen molar-refractivity contribution >= 4 is 17.5 Å². The first-order valence-electron chi connectivity index (χ1n) is 7.06. The van der Waals surface area contributed by atoms with Crippen molar-refractivity contribution in [3.05, 3.63) is 29.3 Å². The molecule has 1 aliphatic heterocycles. The maximum Gasteiger partial charge on any atom is 0.418 e. The minimum atomic E-state index is -4.55. The molecule has 1 atom stereocenters. The highest BCUT2D eigenvalue weighted by Crippen LogP contribution is 2.45. The molecule has 0 spiro atoms. The van der Waals surface area contributed by atoms with Gasteiger partial charge in [-0.05, 0) is 12.5 Å². The number of benzene rings is 1. The summed E-state index contributed by atoms with van der Waals surface area (Å²) in [5.41, 5.74) is -0.777. The van der Waals surface area contributed by atoms with Crippen molar-refractivity contribution in [2.45, 2.75) is 38.9 Å². The number of nitrogens with one attached hydrogen (secondary N) is 1. The van der Waals surface area contributed by atoms with Crippen LogP contribution >= 0.6 is 0 Å². The van der Waals surface area contributed by atoms with Crippen LogP contribution in [-0.2, 0) is 15.8 Å². The minimum Gasteiger partial charge on any atom is -0.341 e. The van der Waals surface area contributed by atoms with Crippen LogP contribution in [0.1, 0.15) is 43.9 Å². The van der Waals surface area contributed by atoms with Crippen LogP contribution in [0.4, 0.5) is 18.9 Å². The Labute approximate surface area is 126 Å². The second kappa shape index (κ2) is 5.98. The van der Waals surface area contributed by atoms with Gasteiger partial charge in [-0.3, -0.25) is 9.59 Å². The van der Waals surface area contributed by atoms with Crippen molar-refractivity contribution in [2.75, 3.05) is 11.4 Å². The molecule has 0 radical (unpaired) electrons. The third-order valence-corrected chi connectivity index (χ3v) is 3.55. The van der Waals surface area contributed by atoms with E-state index in [1.807, 2.05) is 6.92 Å². The summed E-state index contributed by atoms with van der Waals surface area (Å²) in [7, 11) is 0. The minimum absolute atomic E-state index is 0.132. The molecule has 1 heterocycles. The number of rotatable bonds is 4. The highest BCUT2D eigenvalue weighted by atomic mass is 19.4. The lowest BCUT2D eigenvalue weighted by Crippen LogP contribution is -2.37. The van der Waals surface area contributed by atoms with Crippen molar-refractivity contribution < 1.29 is 22.8 Å². The Morgan fingerprint density at radius 1 is 1.36 bits per heavy atom. The van der Waals surface area contributed by atoms with Crippen LogP contribution in [0.25, 0.3) is 0 Å². The first-order valence-corrected chi connectivity index (χ1v) is 7.06. The number of halogens is 3. The third kappa shape index (κ3) is 2.93. The van der Waals surface area contributed by atoms with Gasteiger partial charge in [-0.2, -0.15) is 13.2 Å². The number of unbranched alkanes of at least 4 members (excludes halogenated alkanes) is 1. The van der Waals surface area contributed by atoms with Crippen molar-refractivity contribution in [3.63, 3.8) is 0 Å². The Balaban J connectivity index is 2.54. The predicted octanol–water partition coefficient (Wildman–Crippen LogP) is 3.03. The fraction of sp³-hybridized carbons (Fsp3) is 0.467. The molecule has 0 aliphatic carbocycles. The standard InChI is InChI=1S/C15H17F3N2O2/c1-3-4-8-20-13-10(12(14(20)22)19-9(2)21)6-5-7-11(13)15(16,17)18/h5-7,12H,3-4,8H2,1-2H3,(H,19,21)/t12-/m0/s1. The van der Waals surface area contributed by atoms with Crippen LogP contribution in [0.15, 0.2) is 18.2 Å². The van der Waals surface area contributed by atoms with Crippen molar-refractivity contribution in [1.29, 1.82) is 0 Å². The molecule has 7 heteroatoms. The molecule has 0 saturated heterocycles.